The van der Waals surface area contributed by atoms with Gasteiger partial charge < -0.3 is 10.5 Å². The third-order valence-corrected chi connectivity index (χ3v) is 3.22. The summed E-state index contributed by atoms with van der Waals surface area (Å²) in [5.41, 5.74) is 7.40. The van der Waals surface area contributed by atoms with Crippen molar-refractivity contribution in [2.45, 2.75) is 32.7 Å². The van der Waals surface area contributed by atoms with E-state index in [9.17, 15) is 4.39 Å². The molecule has 0 bridgehead atoms. The van der Waals surface area contributed by atoms with Crippen molar-refractivity contribution >= 4 is 0 Å². The van der Waals surface area contributed by atoms with E-state index in [-0.39, 0.29) is 17.6 Å². The molecule has 0 amide bonds. The fourth-order valence-electron chi connectivity index (χ4n) is 1.90. The van der Waals surface area contributed by atoms with Gasteiger partial charge in [-0.05, 0) is 37.5 Å². The standard InChI is InChI=1S/C16H19FN2O/c1-3-13(18)10-12-7-5-9-19-16(12)20-14-8-4-6-11(2)15(14)17/h4-9,13H,3,10,18H2,1-2H3. The molecule has 20 heavy (non-hydrogen) atoms. The second-order valence-electron chi connectivity index (χ2n) is 4.83. The van der Waals surface area contributed by atoms with Crippen molar-refractivity contribution in [2.75, 3.05) is 0 Å². The van der Waals surface area contributed by atoms with Crippen molar-refractivity contribution < 1.29 is 9.13 Å². The highest BCUT2D eigenvalue weighted by Gasteiger charge is 2.12. The minimum Gasteiger partial charge on any atom is -0.436 e. The van der Waals surface area contributed by atoms with Gasteiger partial charge in [-0.1, -0.05) is 25.1 Å². The Kier molecular flexibility index (Phi) is 4.69. The first kappa shape index (κ1) is 14.5. The summed E-state index contributed by atoms with van der Waals surface area (Å²) < 4.78 is 19.6. The summed E-state index contributed by atoms with van der Waals surface area (Å²) in [6.07, 6.45) is 3.16. The molecule has 0 radical (unpaired) electrons. The van der Waals surface area contributed by atoms with E-state index in [0.29, 0.717) is 17.9 Å². The molecule has 0 aliphatic rings. The highest BCUT2D eigenvalue weighted by atomic mass is 19.1. The summed E-state index contributed by atoms with van der Waals surface area (Å²) in [4.78, 5) is 4.19. The number of rotatable bonds is 5. The van der Waals surface area contributed by atoms with Gasteiger partial charge in [0.2, 0.25) is 5.88 Å². The number of nitrogens with two attached hydrogens (primary N) is 1. The van der Waals surface area contributed by atoms with Crippen molar-refractivity contribution in [1.82, 2.24) is 4.98 Å². The second kappa shape index (κ2) is 6.48. The van der Waals surface area contributed by atoms with E-state index in [1.807, 2.05) is 19.1 Å². The maximum absolute atomic E-state index is 14.0. The van der Waals surface area contributed by atoms with E-state index in [1.54, 1.807) is 31.3 Å². The zero-order valence-electron chi connectivity index (χ0n) is 11.8. The zero-order valence-corrected chi connectivity index (χ0v) is 11.8. The molecular formula is C16H19FN2O. The Bertz CT molecular complexity index is 586. The number of pyridine rings is 1. The first-order chi connectivity index (χ1) is 9.61. The predicted octanol–water partition coefficient (Wildman–Crippen LogP) is 3.60. The molecule has 4 heteroatoms. The Hall–Kier alpha value is -1.94. The van der Waals surface area contributed by atoms with Gasteiger partial charge in [0.1, 0.15) is 0 Å². The summed E-state index contributed by atoms with van der Waals surface area (Å²) in [5, 5.41) is 0. The lowest BCUT2D eigenvalue weighted by molar-refractivity contribution is 0.418. The lowest BCUT2D eigenvalue weighted by Crippen LogP contribution is -2.21. The molecule has 1 atom stereocenters. The molecule has 0 aliphatic heterocycles. The minimum atomic E-state index is -0.358. The molecule has 0 saturated heterocycles. The molecular weight excluding hydrogens is 255 g/mol. The number of aryl methyl sites for hydroxylation is 1. The van der Waals surface area contributed by atoms with E-state index in [2.05, 4.69) is 4.98 Å². The molecule has 3 nitrogen and oxygen atoms in total. The number of hydrogen-bond donors (Lipinski definition) is 1. The van der Waals surface area contributed by atoms with Gasteiger partial charge in [-0.2, -0.15) is 0 Å². The van der Waals surface area contributed by atoms with Crippen molar-refractivity contribution in [3.8, 4) is 11.6 Å². The van der Waals surface area contributed by atoms with Crippen LogP contribution in [0.3, 0.4) is 0 Å². The van der Waals surface area contributed by atoms with Gasteiger partial charge in [0, 0.05) is 17.8 Å². The van der Waals surface area contributed by atoms with Crippen LogP contribution in [0.1, 0.15) is 24.5 Å². The lowest BCUT2D eigenvalue weighted by Gasteiger charge is -2.13. The molecule has 1 heterocycles. The van der Waals surface area contributed by atoms with Gasteiger partial charge in [-0.25, -0.2) is 9.37 Å². The molecule has 2 N–H and O–H groups in total. The minimum absolute atomic E-state index is 0.0453. The van der Waals surface area contributed by atoms with Crippen LogP contribution >= 0.6 is 0 Å². The Labute approximate surface area is 118 Å². The number of halogens is 1. The SMILES string of the molecule is CCC(N)Cc1cccnc1Oc1cccc(C)c1F. The molecule has 0 fully saturated rings. The number of aromatic nitrogens is 1. The number of hydrogen-bond acceptors (Lipinski definition) is 3. The fourth-order valence-corrected chi connectivity index (χ4v) is 1.90. The second-order valence-corrected chi connectivity index (χ2v) is 4.83. The van der Waals surface area contributed by atoms with E-state index >= 15 is 0 Å². The third-order valence-electron chi connectivity index (χ3n) is 3.22. The smallest absolute Gasteiger partial charge is 0.222 e. The van der Waals surface area contributed by atoms with Crippen LogP contribution in [-0.4, -0.2) is 11.0 Å². The Morgan fingerprint density at radius 1 is 1.30 bits per heavy atom. The van der Waals surface area contributed by atoms with Gasteiger partial charge in [0.15, 0.2) is 11.6 Å². The Balaban J connectivity index is 2.27. The first-order valence-corrected chi connectivity index (χ1v) is 6.74. The fraction of sp³-hybridized carbons (Fsp3) is 0.312. The maximum atomic E-state index is 14.0. The van der Waals surface area contributed by atoms with Gasteiger partial charge in [0.25, 0.3) is 0 Å². The summed E-state index contributed by atoms with van der Waals surface area (Å²) in [6.45, 7) is 3.73. The van der Waals surface area contributed by atoms with E-state index in [4.69, 9.17) is 10.5 Å². The van der Waals surface area contributed by atoms with Crippen LogP contribution in [0.2, 0.25) is 0 Å². The third kappa shape index (κ3) is 3.33. The van der Waals surface area contributed by atoms with Gasteiger partial charge in [-0.3, -0.25) is 0 Å². The summed E-state index contributed by atoms with van der Waals surface area (Å²) in [5.74, 6) is 0.250. The van der Waals surface area contributed by atoms with Crippen LogP contribution < -0.4 is 10.5 Å². The summed E-state index contributed by atoms with van der Waals surface area (Å²) in [7, 11) is 0. The quantitative estimate of drug-likeness (QED) is 0.906. The van der Waals surface area contributed by atoms with Crippen molar-refractivity contribution in [3.05, 3.63) is 53.5 Å². The van der Waals surface area contributed by atoms with Crippen molar-refractivity contribution in [2.24, 2.45) is 5.73 Å². The average Bonchev–Trinajstić information content (AvgIpc) is 2.45. The van der Waals surface area contributed by atoms with Crippen LogP contribution in [-0.2, 0) is 6.42 Å². The van der Waals surface area contributed by atoms with Crippen LogP contribution in [0.5, 0.6) is 11.6 Å². The molecule has 2 rings (SSSR count). The van der Waals surface area contributed by atoms with Crippen LogP contribution in [0, 0.1) is 12.7 Å². The molecule has 0 saturated carbocycles. The number of nitrogens with zero attached hydrogens (tertiary/aromatic N) is 1. The number of ether oxygens (including phenoxy) is 1. The van der Waals surface area contributed by atoms with E-state index < -0.39 is 0 Å². The molecule has 1 aromatic carbocycles. The van der Waals surface area contributed by atoms with Gasteiger partial charge in [-0.15, -0.1) is 0 Å². The average molecular weight is 274 g/mol. The van der Waals surface area contributed by atoms with Crippen LogP contribution in [0.25, 0.3) is 0 Å². The zero-order chi connectivity index (χ0) is 14.5. The molecule has 0 spiro atoms. The molecule has 1 unspecified atom stereocenters. The first-order valence-electron chi connectivity index (χ1n) is 6.74. The normalized spacial score (nSPS) is 12.2. The number of benzene rings is 1. The van der Waals surface area contributed by atoms with E-state index in [1.165, 1.54) is 0 Å². The predicted molar refractivity (Wildman–Crippen MR) is 77.4 cm³/mol. The lowest BCUT2D eigenvalue weighted by atomic mass is 10.1. The topological polar surface area (TPSA) is 48.1 Å². The largest absolute Gasteiger partial charge is 0.436 e. The van der Waals surface area contributed by atoms with Gasteiger partial charge >= 0.3 is 0 Å². The summed E-state index contributed by atoms with van der Waals surface area (Å²) in [6, 6.07) is 8.84. The van der Waals surface area contributed by atoms with Crippen molar-refractivity contribution in [1.29, 1.82) is 0 Å². The summed E-state index contributed by atoms with van der Waals surface area (Å²) >= 11 is 0. The van der Waals surface area contributed by atoms with Crippen LogP contribution in [0.4, 0.5) is 4.39 Å². The molecule has 106 valence electrons. The molecule has 2 aromatic rings. The van der Waals surface area contributed by atoms with Crippen molar-refractivity contribution in [3.63, 3.8) is 0 Å². The monoisotopic (exact) mass is 274 g/mol. The Morgan fingerprint density at radius 3 is 2.85 bits per heavy atom. The maximum Gasteiger partial charge on any atom is 0.222 e. The van der Waals surface area contributed by atoms with Crippen LogP contribution in [0.15, 0.2) is 36.5 Å². The van der Waals surface area contributed by atoms with Gasteiger partial charge in [0.05, 0.1) is 0 Å². The highest BCUT2D eigenvalue weighted by Crippen LogP contribution is 2.27. The Morgan fingerprint density at radius 2 is 2.10 bits per heavy atom. The molecule has 1 aromatic heterocycles. The van der Waals surface area contributed by atoms with E-state index in [0.717, 1.165) is 12.0 Å². The molecule has 0 aliphatic carbocycles. The highest BCUT2D eigenvalue weighted by molar-refractivity contribution is 5.36.